The summed E-state index contributed by atoms with van der Waals surface area (Å²) in [6, 6.07) is 11.8. The second-order valence-electron chi connectivity index (χ2n) is 5.89. The van der Waals surface area contributed by atoms with Crippen LogP contribution in [-0.2, 0) is 11.3 Å². The van der Waals surface area contributed by atoms with Crippen LogP contribution < -0.4 is 4.74 Å². The molecule has 3 aromatic rings. The number of hydrogen-bond donors (Lipinski definition) is 1. The lowest BCUT2D eigenvalue weighted by Gasteiger charge is -2.09. The van der Waals surface area contributed by atoms with E-state index in [4.69, 9.17) is 14.8 Å². The van der Waals surface area contributed by atoms with E-state index in [2.05, 4.69) is 19.9 Å². The van der Waals surface area contributed by atoms with Crippen LogP contribution in [0.2, 0.25) is 0 Å². The quantitative estimate of drug-likeness (QED) is 0.775. The maximum atomic E-state index is 11.0. The minimum atomic E-state index is -0.822. The number of aryl methyl sites for hydroxylation is 3. The molecule has 1 aromatic heterocycles. The lowest BCUT2D eigenvalue weighted by Crippen LogP contribution is -2.06. The Morgan fingerprint density at radius 2 is 1.96 bits per heavy atom. The van der Waals surface area contributed by atoms with E-state index in [9.17, 15) is 4.79 Å². The Bertz CT molecular complexity index is 912. The molecule has 1 heterocycles. The first kappa shape index (κ1) is 16.1. The van der Waals surface area contributed by atoms with Crippen molar-refractivity contribution >= 4 is 17.0 Å². The number of fused-ring (bicyclic) bond motifs is 1. The second kappa shape index (κ2) is 6.35. The number of hydrogen-bond acceptors (Lipinski definition) is 3. The molecule has 0 fully saturated rings. The molecule has 2 aromatic carbocycles. The molecule has 24 heavy (non-hydrogen) atoms. The van der Waals surface area contributed by atoms with Gasteiger partial charge in [-0.3, -0.25) is 4.79 Å². The molecule has 124 valence electrons. The standard InChI is InChI=1S/C19H20N2O3/c1-12-9-16-17(10-13(12)2)21(8-7-18(22)23)19(20-16)14-5-4-6-15(11-14)24-3/h4-6,9-11H,7-8H2,1-3H3,(H,22,23). The molecule has 3 rings (SSSR count). The van der Waals surface area contributed by atoms with Crippen LogP contribution in [0, 0.1) is 13.8 Å². The van der Waals surface area contributed by atoms with Crippen molar-refractivity contribution in [3.05, 3.63) is 47.5 Å². The summed E-state index contributed by atoms with van der Waals surface area (Å²) in [5, 5.41) is 9.07. The first-order chi connectivity index (χ1) is 11.5. The highest BCUT2D eigenvalue weighted by Gasteiger charge is 2.15. The van der Waals surface area contributed by atoms with Gasteiger partial charge in [-0.25, -0.2) is 4.98 Å². The molecule has 0 amide bonds. The fourth-order valence-electron chi connectivity index (χ4n) is 2.80. The van der Waals surface area contributed by atoms with E-state index in [1.165, 1.54) is 5.56 Å². The average molecular weight is 324 g/mol. The Balaban J connectivity index is 2.20. The van der Waals surface area contributed by atoms with Gasteiger partial charge in [-0.15, -0.1) is 0 Å². The number of carboxylic acid groups (broad SMARTS) is 1. The van der Waals surface area contributed by atoms with E-state index < -0.39 is 5.97 Å². The third-order valence-electron chi connectivity index (χ3n) is 4.24. The van der Waals surface area contributed by atoms with Crippen LogP contribution in [0.15, 0.2) is 36.4 Å². The lowest BCUT2D eigenvalue weighted by atomic mass is 10.1. The third kappa shape index (κ3) is 2.97. The summed E-state index contributed by atoms with van der Waals surface area (Å²) in [5.74, 6) is 0.684. The number of ether oxygens (including phenoxy) is 1. The summed E-state index contributed by atoms with van der Waals surface area (Å²) in [5.41, 5.74) is 5.07. The molecule has 0 bridgehead atoms. The van der Waals surface area contributed by atoms with Crippen molar-refractivity contribution in [3.8, 4) is 17.1 Å². The van der Waals surface area contributed by atoms with Gasteiger partial charge < -0.3 is 14.4 Å². The Kier molecular flexibility index (Phi) is 4.25. The van der Waals surface area contributed by atoms with Gasteiger partial charge in [-0.1, -0.05) is 12.1 Å². The monoisotopic (exact) mass is 324 g/mol. The number of aromatic nitrogens is 2. The number of methoxy groups -OCH3 is 1. The normalized spacial score (nSPS) is 11.0. The van der Waals surface area contributed by atoms with Gasteiger partial charge in [0.25, 0.3) is 0 Å². The number of aliphatic carboxylic acids is 1. The Labute approximate surface area is 140 Å². The predicted octanol–water partition coefficient (Wildman–Crippen LogP) is 3.80. The number of benzene rings is 2. The number of nitrogens with zero attached hydrogens (tertiary/aromatic N) is 2. The zero-order valence-corrected chi connectivity index (χ0v) is 14.0. The molecule has 0 spiro atoms. The molecule has 0 saturated heterocycles. The number of carbonyl (C=O) groups is 1. The van der Waals surface area contributed by atoms with Gasteiger partial charge >= 0.3 is 5.97 Å². The van der Waals surface area contributed by atoms with Gasteiger partial charge in [-0.05, 0) is 49.2 Å². The van der Waals surface area contributed by atoms with Crippen molar-refractivity contribution < 1.29 is 14.6 Å². The highest BCUT2D eigenvalue weighted by Crippen LogP contribution is 2.29. The Morgan fingerprint density at radius 3 is 2.67 bits per heavy atom. The molecule has 0 aliphatic heterocycles. The summed E-state index contributed by atoms with van der Waals surface area (Å²) in [7, 11) is 1.62. The summed E-state index contributed by atoms with van der Waals surface area (Å²) >= 11 is 0. The van der Waals surface area contributed by atoms with Crippen molar-refractivity contribution in [2.75, 3.05) is 7.11 Å². The van der Waals surface area contributed by atoms with Crippen molar-refractivity contribution in [3.63, 3.8) is 0 Å². The number of carboxylic acids is 1. The molecule has 0 aliphatic rings. The topological polar surface area (TPSA) is 64.4 Å². The van der Waals surface area contributed by atoms with Gasteiger partial charge in [0.05, 0.1) is 24.6 Å². The zero-order chi connectivity index (χ0) is 17.3. The van der Waals surface area contributed by atoms with Gasteiger partial charge in [-0.2, -0.15) is 0 Å². The van der Waals surface area contributed by atoms with E-state index in [1.807, 2.05) is 34.9 Å². The SMILES string of the molecule is COc1cccc(-c2nc3cc(C)c(C)cc3n2CCC(=O)O)c1. The number of imidazole rings is 1. The van der Waals surface area contributed by atoms with E-state index in [0.29, 0.717) is 6.54 Å². The summed E-state index contributed by atoms with van der Waals surface area (Å²) in [4.78, 5) is 15.8. The maximum absolute atomic E-state index is 11.0. The molecule has 0 saturated carbocycles. The summed E-state index contributed by atoms with van der Waals surface area (Å²) < 4.78 is 7.27. The molecular weight excluding hydrogens is 304 g/mol. The average Bonchev–Trinajstić information content (AvgIpc) is 2.91. The smallest absolute Gasteiger partial charge is 0.305 e. The van der Waals surface area contributed by atoms with Crippen LogP contribution in [-0.4, -0.2) is 27.7 Å². The van der Waals surface area contributed by atoms with Gasteiger partial charge in [0.15, 0.2) is 0 Å². The molecule has 0 atom stereocenters. The lowest BCUT2D eigenvalue weighted by molar-refractivity contribution is -0.137. The summed E-state index contributed by atoms with van der Waals surface area (Å²) in [6.07, 6.45) is 0.0509. The van der Waals surface area contributed by atoms with Crippen LogP contribution in [0.3, 0.4) is 0 Å². The van der Waals surface area contributed by atoms with E-state index in [1.54, 1.807) is 7.11 Å². The molecule has 1 N–H and O–H groups in total. The predicted molar refractivity (Wildman–Crippen MR) is 93.4 cm³/mol. The van der Waals surface area contributed by atoms with Crippen LogP contribution in [0.25, 0.3) is 22.4 Å². The highest BCUT2D eigenvalue weighted by atomic mass is 16.5. The van der Waals surface area contributed by atoms with E-state index >= 15 is 0 Å². The fourth-order valence-corrected chi connectivity index (χ4v) is 2.80. The Hall–Kier alpha value is -2.82. The van der Waals surface area contributed by atoms with Crippen molar-refractivity contribution in [1.29, 1.82) is 0 Å². The van der Waals surface area contributed by atoms with E-state index in [-0.39, 0.29) is 6.42 Å². The zero-order valence-electron chi connectivity index (χ0n) is 14.0. The fraction of sp³-hybridized carbons (Fsp3) is 0.263. The van der Waals surface area contributed by atoms with Gasteiger partial charge in [0.2, 0.25) is 0 Å². The van der Waals surface area contributed by atoms with Gasteiger partial charge in [0.1, 0.15) is 11.6 Å². The van der Waals surface area contributed by atoms with E-state index in [0.717, 1.165) is 33.7 Å². The van der Waals surface area contributed by atoms with Crippen molar-refractivity contribution in [1.82, 2.24) is 9.55 Å². The van der Waals surface area contributed by atoms with Crippen LogP contribution >= 0.6 is 0 Å². The van der Waals surface area contributed by atoms with Crippen LogP contribution in [0.1, 0.15) is 17.5 Å². The summed E-state index contributed by atoms with van der Waals surface area (Å²) in [6.45, 7) is 4.48. The molecule has 0 radical (unpaired) electrons. The number of rotatable bonds is 5. The third-order valence-corrected chi connectivity index (χ3v) is 4.24. The second-order valence-corrected chi connectivity index (χ2v) is 5.89. The molecular formula is C19H20N2O3. The van der Waals surface area contributed by atoms with Crippen molar-refractivity contribution in [2.45, 2.75) is 26.8 Å². The maximum Gasteiger partial charge on any atom is 0.305 e. The molecule has 5 heteroatoms. The molecule has 0 unspecified atom stereocenters. The van der Waals surface area contributed by atoms with Gasteiger partial charge in [0, 0.05) is 12.1 Å². The van der Waals surface area contributed by atoms with Crippen LogP contribution in [0.5, 0.6) is 5.75 Å². The van der Waals surface area contributed by atoms with Crippen LogP contribution in [0.4, 0.5) is 0 Å². The Morgan fingerprint density at radius 1 is 1.21 bits per heavy atom. The first-order valence-corrected chi connectivity index (χ1v) is 7.83. The highest BCUT2D eigenvalue weighted by molar-refractivity contribution is 5.82. The van der Waals surface area contributed by atoms with Crippen molar-refractivity contribution in [2.24, 2.45) is 0 Å². The first-order valence-electron chi connectivity index (χ1n) is 7.83. The minimum absolute atomic E-state index is 0.0509. The largest absolute Gasteiger partial charge is 0.497 e. The molecule has 0 aliphatic carbocycles. The molecule has 5 nitrogen and oxygen atoms in total. The minimum Gasteiger partial charge on any atom is -0.497 e.